The van der Waals surface area contributed by atoms with E-state index in [4.69, 9.17) is 5.10 Å². The highest BCUT2D eigenvalue weighted by molar-refractivity contribution is 7.98. The first-order valence-electron chi connectivity index (χ1n) is 7.90. The van der Waals surface area contributed by atoms with Crippen LogP contribution in [0.15, 0.2) is 42.5 Å². The Bertz CT molecular complexity index is 801. The Morgan fingerprint density at radius 1 is 1.13 bits per heavy atom. The Morgan fingerprint density at radius 3 is 2.83 bits per heavy atom. The van der Waals surface area contributed by atoms with Gasteiger partial charge in [-0.2, -0.15) is 16.3 Å². The number of rotatable bonds is 4. The lowest BCUT2D eigenvalue weighted by atomic mass is 10.2. The number of aromatic nitrogens is 4. The van der Waals surface area contributed by atoms with E-state index in [-0.39, 0.29) is 0 Å². The topological polar surface area (TPSA) is 46.3 Å². The van der Waals surface area contributed by atoms with E-state index in [9.17, 15) is 0 Å². The van der Waals surface area contributed by atoms with Gasteiger partial charge >= 0.3 is 0 Å². The van der Waals surface area contributed by atoms with Gasteiger partial charge in [-0.3, -0.25) is 0 Å². The predicted molar refractivity (Wildman–Crippen MR) is 95.0 cm³/mol. The number of benzene rings is 1. The fraction of sp³-hybridized carbons (Fsp3) is 0.353. The van der Waals surface area contributed by atoms with Crippen molar-refractivity contribution in [3.05, 3.63) is 42.5 Å². The molecule has 0 bridgehead atoms. The van der Waals surface area contributed by atoms with Gasteiger partial charge in [0, 0.05) is 23.9 Å². The summed E-state index contributed by atoms with van der Waals surface area (Å²) >= 11 is 1.90. The van der Waals surface area contributed by atoms with Crippen LogP contribution in [0.5, 0.6) is 0 Å². The Labute approximate surface area is 139 Å². The van der Waals surface area contributed by atoms with Crippen LogP contribution in [0.4, 0.5) is 5.82 Å². The van der Waals surface area contributed by atoms with Crippen molar-refractivity contribution in [2.45, 2.75) is 18.9 Å². The van der Waals surface area contributed by atoms with Crippen LogP contribution in [0, 0.1) is 0 Å². The Hall–Kier alpha value is -2.08. The molecule has 23 heavy (non-hydrogen) atoms. The van der Waals surface area contributed by atoms with Gasteiger partial charge in [0.15, 0.2) is 11.5 Å². The normalized spacial score (nSPS) is 18.0. The zero-order chi connectivity index (χ0) is 15.6. The first-order valence-corrected chi connectivity index (χ1v) is 9.29. The van der Waals surface area contributed by atoms with Crippen molar-refractivity contribution in [2.24, 2.45) is 0 Å². The molecule has 0 N–H and O–H groups in total. The van der Waals surface area contributed by atoms with E-state index in [1.54, 1.807) is 0 Å². The number of anilines is 1. The molecule has 2 aromatic heterocycles. The van der Waals surface area contributed by atoms with Gasteiger partial charge in [-0.25, -0.2) is 0 Å². The highest BCUT2D eigenvalue weighted by Gasteiger charge is 2.25. The smallest absolute Gasteiger partial charge is 0.185 e. The molecule has 6 heteroatoms. The van der Waals surface area contributed by atoms with Crippen molar-refractivity contribution >= 4 is 23.2 Å². The van der Waals surface area contributed by atoms with Crippen molar-refractivity contribution < 1.29 is 0 Å². The van der Waals surface area contributed by atoms with E-state index >= 15 is 0 Å². The van der Waals surface area contributed by atoms with Gasteiger partial charge in [-0.15, -0.1) is 15.3 Å². The Morgan fingerprint density at radius 2 is 2.00 bits per heavy atom. The van der Waals surface area contributed by atoms with Gasteiger partial charge in [0.05, 0.1) is 0 Å². The van der Waals surface area contributed by atoms with Gasteiger partial charge in [0.25, 0.3) is 0 Å². The molecule has 0 aliphatic carbocycles. The van der Waals surface area contributed by atoms with Crippen molar-refractivity contribution in [1.82, 2.24) is 19.8 Å². The molecule has 1 aromatic carbocycles. The Balaban J connectivity index is 1.75. The first-order chi connectivity index (χ1) is 11.4. The van der Waals surface area contributed by atoms with Gasteiger partial charge < -0.3 is 4.90 Å². The van der Waals surface area contributed by atoms with Crippen molar-refractivity contribution in [2.75, 3.05) is 23.5 Å². The van der Waals surface area contributed by atoms with E-state index in [1.807, 2.05) is 52.7 Å². The molecule has 118 valence electrons. The van der Waals surface area contributed by atoms with E-state index in [0.29, 0.717) is 6.04 Å². The number of thioether (sulfide) groups is 1. The Kier molecular flexibility index (Phi) is 3.91. The molecule has 1 aliphatic rings. The summed E-state index contributed by atoms with van der Waals surface area (Å²) in [6.45, 7) is 1.08. The first kappa shape index (κ1) is 14.5. The third-order valence-electron chi connectivity index (χ3n) is 4.31. The lowest BCUT2D eigenvalue weighted by Crippen LogP contribution is -2.32. The summed E-state index contributed by atoms with van der Waals surface area (Å²) in [5.74, 6) is 2.96. The van der Waals surface area contributed by atoms with Crippen LogP contribution >= 0.6 is 11.8 Å². The third kappa shape index (κ3) is 2.67. The largest absolute Gasteiger partial charge is 0.351 e. The van der Waals surface area contributed by atoms with E-state index in [1.165, 1.54) is 12.8 Å². The quantitative estimate of drug-likeness (QED) is 0.737. The van der Waals surface area contributed by atoms with Crippen molar-refractivity contribution in [3.8, 4) is 11.4 Å². The van der Waals surface area contributed by atoms with Gasteiger partial charge in [-0.1, -0.05) is 30.3 Å². The second-order valence-corrected chi connectivity index (χ2v) is 6.71. The molecule has 4 rings (SSSR count). The lowest BCUT2D eigenvalue weighted by molar-refractivity contribution is 0.727. The molecule has 0 saturated carbocycles. The van der Waals surface area contributed by atoms with E-state index < -0.39 is 0 Å². The van der Waals surface area contributed by atoms with Crippen molar-refractivity contribution in [3.63, 3.8) is 0 Å². The molecule has 0 spiro atoms. The molecular weight excluding hydrogens is 306 g/mol. The highest BCUT2D eigenvalue weighted by atomic mass is 32.2. The zero-order valence-electron chi connectivity index (χ0n) is 13.1. The fourth-order valence-corrected chi connectivity index (χ4v) is 3.93. The molecule has 5 nitrogen and oxygen atoms in total. The standard InChI is InChI=1S/C17H19N5S/c1-23-12-14-8-5-11-21(14)16-10-9-15-18-19-17(22(15)20-16)13-6-3-2-4-7-13/h2-4,6-7,9-10,14H,5,8,11-12H2,1H3. The van der Waals surface area contributed by atoms with E-state index in [0.717, 1.165) is 35.2 Å². The SMILES string of the molecule is CSCC1CCCN1c1ccc2nnc(-c3ccccc3)n2n1. The van der Waals surface area contributed by atoms with Crippen molar-refractivity contribution in [1.29, 1.82) is 0 Å². The molecule has 3 heterocycles. The van der Waals surface area contributed by atoms with Crippen LogP contribution in [0.2, 0.25) is 0 Å². The molecule has 0 amide bonds. The summed E-state index contributed by atoms with van der Waals surface area (Å²) in [6.07, 6.45) is 4.65. The predicted octanol–water partition coefficient (Wildman–Crippen LogP) is 3.12. The summed E-state index contributed by atoms with van der Waals surface area (Å²) in [5.41, 5.74) is 1.82. The second-order valence-electron chi connectivity index (χ2n) is 5.80. The maximum atomic E-state index is 4.83. The van der Waals surface area contributed by atoms with Gasteiger partial charge in [0.1, 0.15) is 5.82 Å². The summed E-state index contributed by atoms with van der Waals surface area (Å²) < 4.78 is 1.86. The summed E-state index contributed by atoms with van der Waals surface area (Å²) in [5, 5.41) is 13.4. The summed E-state index contributed by atoms with van der Waals surface area (Å²) in [7, 11) is 0. The van der Waals surface area contributed by atoms with Crippen LogP contribution in [0.1, 0.15) is 12.8 Å². The molecule has 1 fully saturated rings. The number of hydrogen-bond acceptors (Lipinski definition) is 5. The average Bonchev–Trinajstić information content (AvgIpc) is 3.22. The molecule has 3 aromatic rings. The van der Waals surface area contributed by atoms with Crippen LogP contribution < -0.4 is 4.90 Å². The monoisotopic (exact) mass is 325 g/mol. The maximum absolute atomic E-state index is 4.83. The lowest BCUT2D eigenvalue weighted by Gasteiger charge is -2.24. The zero-order valence-corrected chi connectivity index (χ0v) is 13.9. The molecule has 1 aliphatic heterocycles. The van der Waals surface area contributed by atoms with Crippen LogP contribution in [-0.2, 0) is 0 Å². The molecule has 1 saturated heterocycles. The minimum absolute atomic E-state index is 0.576. The second kappa shape index (κ2) is 6.20. The van der Waals surface area contributed by atoms with Crippen LogP contribution in [0.25, 0.3) is 17.0 Å². The summed E-state index contributed by atoms with van der Waals surface area (Å²) in [4.78, 5) is 2.42. The molecule has 0 radical (unpaired) electrons. The van der Waals surface area contributed by atoms with Crippen LogP contribution in [-0.4, -0.2) is 44.4 Å². The third-order valence-corrected chi connectivity index (χ3v) is 5.03. The molecule has 1 unspecified atom stereocenters. The maximum Gasteiger partial charge on any atom is 0.185 e. The minimum atomic E-state index is 0.576. The number of fused-ring (bicyclic) bond motifs is 1. The number of hydrogen-bond donors (Lipinski definition) is 0. The van der Waals surface area contributed by atoms with E-state index in [2.05, 4.69) is 27.4 Å². The highest BCUT2D eigenvalue weighted by Crippen LogP contribution is 2.26. The van der Waals surface area contributed by atoms with Gasteiger partial charge in [-0.05, 0) is 31.2 Å². The average molecular weight is 325 g/mol. The molecular formula is C17H19N5S. The minimum Gasteiger partial charge on any atom is -0.351 e. The van der Waals surface area contributed by atoms with Gasteiger partial charge in [0.2, 0.25) is 0 Å². The van der Waals surface area contributed by atoms with Crippen LogP contribution in [0.3, 0.4) is 0 Å². The number of nitrogens with zero attached hydrogens (tertiary/aromatic N) is 5. The molecule has 1 atom stereocenters. The summed E-state index contributed by atoms with van der Waals surface area (Å²) in [6, 6.07) is 14.8. The fourth-order valence-electron chi connectivity index (χ4n) is 3.20.